The van der Waals surface area contributed by atoms with Gasteiger partial charge in [0.05, 0.1) is 0 Å². The molecule has 0 spiro atoms. The first-order chi connectivity index (χ1) is 7.69. The Morgan fingerprint density at radius 3 is 2.81 bits per heavy atom. The normalized spacial score (nSPS) is 32.1. The molecule has 2 heterocycles. The standard InChI is InChI=1S/C13H21NO2/c1-3-4-9(2)13(16)14-11-5-6-12(14)10(7-11)8-15/h10-12,15H,2-8H2,1H3. The maximum Gasteiger partial charge on any atom is 0.249 e. The summed E-state index contributed by atoms with van der Waals surface area (Å²) in [4.78, 5) is 14.2. The van der Waals surface area contributed by atoms with Crippen LogP contribution in [-0.2, 0) is 4.79 Å². The first kappa shape index (κ1) is 11.6. The van der Waals surface area contributed by atoms with Crippen LogP contribution in [0.2, 0.25) is 0 Å². The number of carbonyl (C=O) groups excluding carboxylic acids is 1. The number of amides is 1. The highest BCUT2D eigenvalue weighted by Gasteiger charge is 2.48. The number of carbonyl (C=O) groups is 1. The maximum absolute atomic E-state index is 12.2. The third-order valence-corrected chi connectivity index (χ3v) is 3.99. The van der Waals surface area contributed by atoms with E-state index in [1.807, 2.05) is 4.90 Å². The van der Waals surface area contributed by atoms with Gasteiger partial charge in [-0.15, -0.1) is 0 Å². The summed E-state index contributed by atoms with van der Waals surface area (Å²) in [6.45, 7) is 6.16. The van der Waals surface area contributed by atoms with E-state index in [9.17, 15) is 9.90 Å². The van der Waals surface area contributed by atoms with Crippen LogP contribution < -0.4 is 0 Å². The fourth-order valence-electron chi connectivity index (χ4n) is 3.22. The van der Waals surface area contributed by atoms with Gasteiger partial charge in [-0.25, -0.2) is 0 Å². The molecule has 1 N–H and O–H groups in total. The number of aliphatic hydroxyl groups excluding tert-OH is 1. The minimum atomic E-state index is 0.130. The van der Waals surface area contributed by atoms with Crippen molar-refractivity contribution >= 4 is 5.91 Å². The number of hydrogen-bond donors (Lipinski definition) is 1. The highest BCUT2D eigenvalue weighted by molar-refractivity contribution is 5.93. The Bertz CT molecular complexity index is 300. The van der Waals surface area contributed by atoms with Gasteiger partial charge >= 0.3 is 0 Å². The summed E-state index contributed by atoms with van der Waals surface area (Å²) < 4.78 is 0. The van der Waals surface area contributed by atoms with Crippen molar-refractivity contribution in [1.82, 2.24) is 4.90 Å². The highest BCUT2D eigenvalue weighted by Crippen LogP contribution is 2.42. The Morgan fingerprint density at radius 2 is 2.25 bits per heavy atom. The lowest BCUT2D eigenvalue weighted by Crippen LogP contribution is -2.37. The zero-order chi connectivity index (χ0) is 11.7. The Hall–Kier alpha value is -0.830. The molecule has 3 nitrogen and oxygen atoms in total. The van der Waals surface area contributed by atoms with Gasteiger partial charge in [-0.3, -0.25) is 4.79 Å². The van der Waals surface area contributed by atoms with Crippen LogP contribution in [0.15, 0.2) is 12.2 Å². The smallest absolute Gasteiger partial charge is 0.249 e. The Labute approximate surface area is 97.1 Å². The molecule has 0 aromatic heterocycles. The van der Waals surface area contributed by atoms with Gasteiger partial charge in [0, 0.05) is 30.2 Å². The average Bonchev–Trinajstić information content (AvgIpc) is 2.85. The summed E-state index contributed by atoms with van der Waals surface area (Å²) in [7, 11) is 0. The van der Waals surface area contributed by atoms with Crippen molar-refractivity contribution in [2.24, 2.45) is 5.92 Å². The third kappa shape index (κ3) is 1.77. The van der Waals surface area contributed by atoms with Gasteiger partial charge in [-0.05, 0) is 25.7 Å². The predicted octanol–water partition coefficient (Wildman–Crippen LogP) is 1.71. The van der Waals surface area contributed by atoms with Crippen LogP contribution in [0.1, 0.15) is 39.0 Å². The van der Waals surface area contributed by atoms with Crippen LogP contribution in [0.25, 0.3) is 0 Å². The first-order valence-corrected chi connectivity index (χ1v) is 6.30. The van der Waals surface area contributed by atoms with Crippen LogP contribution in [0, 0.1) is 5.92 Å². The van der Waals surface area contributed by atoms with Crippen molar-refractivity contribution in [3.63, 3.8) is 0 Å². The molecule has 90 valence electrons. The van der Waals surface area contributed by atoms with Gasteiger partial charge in [0.2, 0.25) is 5.91 Å². The molecule has 16 heavy (non-hydrogen) atoms. The lowest BCUT2D eigenvalue weighted by Gasteiger charge is -2.24. The van der Waals surface area contributed by atoms with E-state index in [4.69, 9.17) is 0 Å². The Balaban J connectivity index is 2.05. The second kappa shape index (κ2) is 4.58. The molecular formula is C13H21NO2. The van der Waals surface area contributed by atoms with Crippen LogP contribution in [0.3, 0.4) is 0 Å². The van der Waals surface area contributed by atoms with Gasteiger partial charge in [0.1, 0.15) is 0 Å². The fraction of sp³-hybridized carbons (Fsp3) is 0.769. The molecule has 1 amide bonds. The van der Waals surface area contributed by atoms with E-state index in [1.165, 1.54) is 0 Å². The second-order valence-electron chi connectivity index (χ2n) is 5.04. The van der Waals surface area contributed by atoms with Crippen LogP contribution in [-0.4, -0.2) is 34.6 Å². The van der Waals surface area contributed by atoms with E-state index in [2.05, 4.69) is 13.5 Å². The van der Waals surface area contributed by atoms with Gasteiger partial charge < -0.3 is 10.0 Å². The molecule has 2 saturated heterocycles. The zero-order valence-corrected chi connectivity index (χ0v) is 9.98. The Morgan fingerprint density at radius 1 is 1.50 bits per heavy atom. The SMILES string of the molecule is C=C(CCC)C(=O)N1C2CCC1C(CO)C2. The number of hydrogen-bond acceptors (Lipinski definition) is 2. The van der Waals surface area contributed by atoms with Crippen molar-refractivity contribution in [2.45, 2.75) is 51.1 Å². The van der Waals surface area contributed by atoms with E-state index in [-0.39, 0.29) is 18.6 Å². The summed E-state index contributed by atoms with van der Waals surface area (Å²) in [6, 6.07) is 0.638. The summed E-state index contributed by atoms with van der Waals surface area (Å²) >= 11 is 0. The Kier molecular flexibility index (Phi) is 3.33. The van der Waals surface area contributed by atoms with E-state index in [0.717, 1.165) is 37.7 Å². The number of aliphatic hydroxyl groups is 1. The van der Waals surface area contributed by atoms with Crippen molar-refractivity contribution in [2.75, 3.05) is 6.61 Å². The molecule has 3 atom stereocenters. The van der Waals surface area contributed by atoms with Gasteiger partial charge in [0.25, 0.3) is 0 Å². The number of rotatable bonds is 4. The maximum atomic E-state index is 12.2. The summed E-state index contributed by atoms with van der Waals surface area (Å²) in [6.07, 6.45) is 4.90. The fourth-order valence-corrected chi connectivity index (χ4v) is 3.22. The molecule has 2 fully saturated rings. The van der Waals surface area contributed by atoms with E-state index >= 15 is 0 Å². The van der Waals surface area contributed by atoms with E-state index in [1.54, 1.807) is 0 Å². The summed E-state index contributed by atoms with van der Waals surface area (Å²) in [5.41, 5.74) is 0.734. The quantitative estimate of drug-likeness (QED) is 0.737. The molecular weight excluding hydrogens is 202 g/mol. The van der Waals surface area contributed by atoms with E-state index < -0.39 is 0 Å². The van der Waals surface area contributed by atoms with Crippen LogP contribution >= 0.6 is 0 Å². The topological polar surface area (TPSA) is 40.5 Å². The molecule has 0 radical (unpaired) electrons. The molecule has 3 unspecified atom stereocenters. The summed E-state index contributed by atoms with van der Waals surface area (Å²) in [5.74, 6) is 0.433. The molecule has 2 rings (SSSR count). The first-order valence-electron chi connectivity index (χ1n) is 6.30. The summed E-state index contributed by atoms with van der Waals surface area (Å²) in [5, 5.41) is 9.27. The van der Waals surface area contributed by atoms with Crippen molar-refractivity contribution < 1.29 is 9.90 Å². The average molecular weight is 223 g/mol. The molecule has 0 aromatic carbocycles. The van der Waals surface area contributed by atoms with Crippen molar-refractivity contribution in [3.8, 4) is 0 Å². The van der Waals surface area contributed by atoms with Gasteiger partial charge in [-0.2, -0.15) is 0 Å². The van der Waals surface area contributed by atoms with Crippen molar-refractivity contribution in [3.05, 3.63) is 12.2 Å². The largest absolute Gasteiger partial charge is 0.396 e. The molecule has 0 saturated carbocycles. The second-order valence-corrected chi connectivity index (χ2v) is 5.04. The van der Waals surface area contributed by atoms with Crippen LogP contribution in [0.4, 0.5) is 0 Å². The van der Waals surface area contributed by atoms with Crippen molar-refractivity contribution in [1.29, 1.82) is 0 Å². The molecule has 0 aromatic rings. The third-order valence-electron chi connectivity index (χ3n) is 3.99. The minimum Gasteiger partial charge on any atom is -0.396 e. The molecule has 3 heteroatoms. The molecule has 0 aliphatic carbocycles. The van der Waals surface area contributed by atoms with E-state index in [0.29, 0.717) is 12.0 Å². The molecule has 2 bridgehead atoms. The molecule has 2 aliphatic rings. The van der Waals surface area contributed by atoms with Crippen LogP contribution in [0.5, 0.6) is 0 Å². The molecule has 2 aliphatic heterocycles. The predicted molar refractivity (Wildman–Crippen MR) is 62.9 cm³/mol. The van der Waals surface area contributed by atoms with Gasteiger partial charge in [-0.1, -0.05) is 19.9 Å². The lowest BCUT2D eigenvalue weighted by atomic mass is 9.90. The zero-order valence-electron chi connectivity index (χ0n) is 9.98. The monoisotopic (exact) mass is 223 g/mol. The lowest BCUT2D eigenvalue weighted by molar-refractivity contribution is -0.128. The minimum absolute atomic E-state index is 0.130. The highest BCUT2D eigenvalue weighted by atomic mass is 16.3. The number of fused-ring (bicyclic) bond motifs is 2. The van der Waals surface area contributed by atoms with Gasteiger partial charge in [0.15, 0.2) is 0 Å². The number of nitrogens with zero attached hydrogens (tertiary/aromatic N) is 1.